The summed E-state index contributed by atoms with van der Waals surface area (Å²) in [6.07, 6.45) is -0.587. The molecule has 1 heterocycles. The second kappa shape index (κ2) is 11.9. The van der Waals surface area contributed by atoms with E-state index < -0.39 is 11.9 Å². The van der Waals surface area contributed by atoms with Gasteiger partial charge in [-0.05, 0) is 56.2 Å². The molecule has 0 radical (unpaired) electrons. The topological polar surface area (TPSA) is 81.9 Å². The molecule has 0 unspecified atom stereocenters. The molecule has 0 aliphatic carbocycles. The summed E-state index contributed by atoms with van der Waals surface area (Å²) >= 11 is 6.43. The first-order valence-electron chi connectivity index (χ1n) is 12.1. The van der Waals surface area contributed by atoms with Crippen molar-refractivity contribution in [2.45, 2.75) is 27.2 Å². The van der Waals surface area contributed by atoms with Gasteiger partial charge in [-0.15, -0.1) is 0 Å². The Balaban J connectivity index is 1.72. The van der Waals surface area contributed by atoms with Crippen molar-refractivity contribution in [3.63, 3.8) is 0 Å². The molecule has 0 atom stereocenters. The Morgan fingerprint density at radius 1 is 0.974 bits per heavy atom. The number of amides is 1. The average Bonchev–Trinajstić information content (AvgIpc) is 3.28. The normalized spacial score (nSPS) is 10.8. The summed E-state index contributed by atoms with van der Waals surface area (Å²) in [4.78, 5) is 26.3. The first kappa shape index (κ1) is 26.9. The molecular formula is C29H26ClFN2O5. The van der Waals surface area contributed by atoms with Crippen molar-refractivity contribution < 1.29 is 28.0 Å². The molecular weight excluding hydrogens is 511 g/mol. The lowest BCUT2D eigenvalue weighted by molar-refractivity contribution is -0.142. The molecule has 196 valence electrons. The van der Waals surface area contributed by atoms with E-state index in [1.54, 1.807) is 81.4 Å². The van der Waals surface area contributed by atoms with Crippen molar-refractivity contribution in [3.05, 3.63) is 88.8 Å². The number of carbonyl (C=O) groups excluding carboxylic acids is 2. The molecule has 0 saturated heterocycles. The smallest absolute Gasteiger partial charge is 0.419 e. The number of para-hydroxylation sites is 1. The van der Waals surface area contributed by atoms with Crippen LogP contribution in [-0.2, 0) is 20.7 Å². The van der Waals surface area contributed by atoms with Gasteiger partial charge in [-0.25, -0.2) is 14.1 Å². The quantitative estimate of drug-likeness (QED) is 0.217. The van der Waals surface area contributed by atoms with Crippen molar-refractivity contribution in [2.75, 3.05) is 18.1 Å². The summed E-state index contributed by atoms with van der Waals surface area (Å²) in [7, 11) is 0. The minimum absolute atomic E-state index is 0.0473. The van der Waals surface area contributed by atoms with Gasteiger partial charge in [0.05, 0.1) is 30.3 Å². The van der Waals surface area contributed by atoms with Crippen LogP contribution in [0.25, 0.3) is 22.5 Å². The van der Waals surface area contributed by atoms with Crippen LogP contribution in [0.5, 0.6) is 0 Å². The van der Waals surface area contributed by atoms with Crippen LogP contribution in [0.4, 0.5) is 20.6 Å². The van der Waals surface area contributed by atoms with E-state index >= 15 is 0 Å². The Hall–Kier alpha value is -4.17. The first-order chi connectivity index (χ1) is 18.3. The fraction of sp³-hybridized carbons (Fsp3) is 0.207. The summed E-state index contributed by atoms with van der Waals surface area (Å²) in [6.45, 7) is 5.60. The van der Waals surface area contributed by atoms with Crippen LogP contribution < -0.4 is 4.90 Å². The third kappa shape index (κ3) is 5.70. The predicted octanol–water partition coefficient (Wildman–Crippen LogP) is 7.51. The van der Waals surface area contributed by atoms with E-state index in [0.29, 0.717) is 50.1 Å². The molecule has 4 aromatic rings. The highest BCUT2D eigenvalue weighted by atomic mass is 35.5. The van der Waals surface area contributed by atoms with E-state index in [1.165, 1.54) is 11.0 Å². The molecule has 3 aromatic carbocycles. The highest BCUT2D eigenvalue weighted by Crippen LogP contribution is 2.41. The average molecular weight is 537 g/mol. The monoisotopic (exact) mass is 536 g/mol. The minimum Gasteiger partial charge on any atom is -0.466 e. The van der Waals surface area contributed by atoms with Crippen LogP contribution in [0, 0.1) is 12.7 Å². The van der Waals surface area contributed by atoms with E-state index in [9.17, 15) is 14.0 Å². The number of anilines is 2. The number of hydrogen-bond acceptors (Lipinski definition) is 6. The molecule has 0 aliphatic rings. The molecule has 38 heavy (non-hydrogen) atoms. The van der Waals surface area contributed by atoms with Gasteiger partial charge in [-0.1, -0.05) is 59.2 Å². The van der Waals surface area contributed by atoms with Gasteiger partial charge in [0.2, 0.25) is 0 Å². The summed E-state index contributed by atoms with van der Waals surface area (Å²) in [5, 5.41) is 4.44. The number of benzene rings is 3. The fourth-order valence-corrected chi connectivity index (χ4v) is 4.25. The number of halogens is 2. The van der Waals surface area contributed by atoms with Gasteiger partial charge in [0, 0.05) is 11.1 Å². The summed E-state index contributed by atoms with van der Waals surface area (Å²) in [5.74, 6) is -0.481. The Morgan fingerprint density at radius 3 is 2.34 bits per heavy atom. The van der Waals surface area contributed by atoms with Crippen molar-refractivity contribution in [2.24, 2.45) is 0 Å². The third-order valence-electron chi connectivity index (χ3n) is 5.74. The molecule has 0 bridgehead atoms. The van der Waals surface area contributed by atoms with Crippen molar-refractivity contribution in [1.29, 1.82) is 0 Å². The van der Waals surface area contributed by atoms with Gasteiger partial charge in [0.15, 0.2) is 5.76 Å². The van der Waals surface area contributed by atoms with Gasteiger partial charge in [0.25, 0.3) is 0 Å². The molecule has 0 aliphatic heterocycles. The first-order valence-corrected chi connectivity index (χ1v) is 12.4. The molecule has 0 saturated carbocycles. The lowest BCUT2D eigenvalue weighted by Gasteiger charge is -2.23. The number of rotatable bonds is 8. The Labute approximate surface area is 224 Å². The number of aromatic nitrogens is 1. The van der Waals surface area contributed by atoms with E-state index in [0.717, 1.165) is 0 Å². The zero-order valence-electron chi connectivity index (χ0n) is 21.2. The maximum absolute atomic E-state index is 14.7. The largest absolute Gasteiger partial charge is 0.466 e. The fourth-order valence-electron chi connectivity index (χ4n) is 4.03. The van der Waals surface area contributed by atoms with Gasteiger partial charge < -0.3 is 14.0 Å². The Bertz CT molecular complexity index is 1450. The second-order valence-electron chi connectivity index (χ2n) is 8.30. The van der Waals surface area contributed by atoms with Crippen molar-refractivity contribution in [1.82, 2.24) is 5.16 Å². The summed E-state index contributed by atoms with van der Waals surface area (Å²) in [6, 6.07) is 18.4. The maximum Gasteiger partial charge on any atom is 0.419 e. The molecule has 0 fully saturated rings. The highest BCUT2D eigenvalue weighted by Gasteiger charge is 2.30. The van der Waals surface area contributed by atoms with Crippen molar-refractivity contribution >= 4 is 35.0 Å². The van der Waals surface area contributed by atoms with Crippen LogP contribution in [-0.4, -0.2) is 30.4 Å². The number of aryl methyl sites for hydroxylation is 1. The Kier molecular flexibility index (Phi) is 8.43. The molecule has 4 rings (SSSR count). The lowest BCUT2D eigenvalue weighted by Crippen LogP contribution is -2.27. The van der Waals surface area contributed by atoms with Gasteiger partial charge in [0.1, 0.15) is 17.2 Å². The van der Waals surface area contributed by atoms with Crippen LogP contribution in [0.1, 0.15) is 25.1 Å². The zero-order valence-corrected chi connectivity index (χ0v) is 21.9. The molecule has 1 amide bonds. The van der Waals surface area contributed by atoms with Crippen molar-refractivity contribution in [3.8, 4) is 22.5 Å². The number of ether oxygens (including phenoxy) is 2. The molecule has 1 aromatic heterocycles. The standard InChI is InChI=1S/C29H26ClFN2O5/c1-4-36-26(34)17-19-10-15-24(31)22(16-19)20-11-13-21(14-12-20)28-27(18(3)32-38-28)33(29(35)37-5-2)25-9-7-6-8-23(25)30/h6-16H,4-5,17H2,1-3H3. The number of esters is 1. The lowest BCUT2D eigenvalue weighted by atomic mass is 9.99. The van der Waals surface area contributed by atoms with Crippen LogP contribution in [0.3, 0.4) is 0 Å². The Morgan fingerprint density at radius 2 is 1.66 bits per heavy atom. The highest BCUT2D eigenvalue weighted by molar-refractivity contribution is 6.34. The zero-order chi connectivity index (χ0) is 27.2. The number of hydrogen-bond donors (Lipinski definition) is 0. The number of nitrogens with zero attached hydrogens (tertiary/aromatic N) is 2. The minimum atomic E-state index is -0.634. The second-order valence-corrected chi connectivity index (χ2v) is 8.71. The summed E-state index contributed by atoms with van der Waals surface area (Å²) in [5.41, 5.74) is 3.44. The van der Waals surface area contributed by atoms with Gasteiger partial charge >= 0.3 is 12.1 Å². The predicted molar refractivity (Wildman–Crippen MR) is 143 cm³/mol. The SMILES string of the molecule is CCOC(=O)Cc1ccc(F)c(-c2ccc(-c3onc(C)c3N(C(=O)OCC)c3ccccc3Cl)cc2)c1. The van der Waals surface area contributed by atoms with Gasteiger partial charge in [-0.2, -0.15) is 0 Å². The van der Waals surface area contributed by atoms with E-state index in [-0.39, 0.29) is 25.6 Å². The summed E-state index contributed by atoms with van der Waals surface area (Å²) < 4.78 is 30.7. The molecule has 0 N–H and O–H groups in total. The van der Waals surface area contributed by atoms with Crippen LogP contribution in [0.15, 0.2) is 71.3 Å². The molecule has 9 heteroatoms. The van der Waals surface area contributed by atoms with Gasteiger partial charge in [-0.3, -0.25) is 4.79 Å². The number of carbonyl (C=O) groups is 2. The van der Waals surface area contributed by atoms with E-state index in [1.807, 2.05) is 0 Å². The third-order valence-corrected chi connectivity index (χ3v) is 6.06. The molecule has 0 spiro atoms. The van der Waals surface area contributed by atoms with Crippen LogP contribution in [0.2, 0.25) is 5.02 Å². The van der Waals surface area contributed by atoms with E-state index in [4.69, 9.17) is 25.6 Å². The van der Waals surface area contributed by atoms with Crippen LogP contribution >= 0.6 is 11.6 Å². The molecule has 7 nitrogen and oxygen atoms in total. The maximum atomic E-state index is 14.7. The van der Waals surface area contributed by atoms with E-state index in [2.05, 4.69) is 5.16 Å².